The minimum Gasteiger partial charge on any atom is -0.355 e. The van der Waals surface area contributed by atoms with E-state index in [4.69, 9.17) is 0 Å². The molecule has 4 atom stereocenters. The van der Waals surface area contributed by atoms with Crippen molar-refractivity contribution in [1.29, 1.82) is 0 Å². The van der Waals surface area contributed by atoms with Crippen LogP contribution >= 0.6 is 0 Å². The minimum atomic E-state index is -0.396. The summed E-state index contributed by atoms with van der Waals surface area (Å²) in [5.41, 5.74) is -0.396. The Bertz CT molecular complexity index is 400. The third kappa shape index (κ3) is 4.21. The van der Waals surface area contributed by atoms with Gasteiger partial charge in [0.2, 0.25) is 11.8 Å². The van der Waals surface area contributed by atoms with Crippen LogP contribution in [-0.2, 0) is 9.59 Å². The maximum Gasteiger partial charge on any atom is 0.225 e. The van der Waals surface area contributed by atoms with E-state index < -0.39 is 5.41 Å². The molecule has 120 valence electrons. The Morgan fingerprint density at radius 1 is 1.19 bits per heavy atom. The van der Waals surface area contributed by atoms with E-state index in [9.17, 15) is 9.59 Å². The predicted molar refractivity (Wildman–Crippen MR) is 83.6 cm³/mol. The summed E-state index contributed by atoms with van der Waals surface area (Å²) in [6.45, 7) is 8.18. The molecule has 21 heavy (non-hydrogen) atoms. The summed E-state index contributed by atoms with van der Waals surface area (Å²) in [5, 5.41) is 5.95. The number of carbonyl (C=O) groups is 2. The van der Waals surface area contributed by atoms with E-state index in [1.54, 1.807) is 0 Å². The van der Waals surface area contributed by atoms with Gasteiger partial charge in [0.25, 0.3) is 0 Å². The van der Waals surface area contributed by atoms with Gasteiger partial charge in [0.1, 0.15) is 0 Å². The van der Waals surface area contributed by atoms with E-state index in [1.807, 2.05) is 20.8 Å². The zero-order chi connectivity index (χ0) is 15.6. The van der Waals surface area contributed by atoms with Crippen molar-refractivity contribution < 1.29 is 9.59 Å². The summed E-state index contributed by atoms with van der Waals surface area (Å²) in [4.78, 5) is 23.7. The Morgan fingerprint density at radius 3 is 2.43 bits per heavy atom. The quantitative estimate of drug-likeness (QED) is 0.818. The van der Waals surface area contributed by atoms with Gasteiger partial charge in [-0.3, -0.25) is 9.59 Å². The molecule has 0 saturated heterocycles. The second kappa shape index (κ2) is 6.37. The molecule has 4 nitrogen and oxygen atoms in total. The third-order valence-electron chi connectivity index (χ3n) is 5.14. The van der Waals surface area contributed by atoms with E-state index in [0.717, 1.165) is 11.8 Å². The number of hydrogen-bond donors (Lipinski definition) is 2. The highest BCUT2D eigenvalue weighted by atomic mass is 16.2. The summed E-state index contributed by atoms with van der Waals surface area (Å²) >= 11 is 0. The van der Waals surface area contributed by atoms with Crippen LogP contribution in [0.1, 0.15) is 59.8 Å². The van der Waals surface area contributed by atoms with Crippen LogP contribution in [0.25, 0.3) is 0 Å². The first-order chi connectivity index (χ1) is 9.77. The van der Waals surface area contributed by atoms with Crippen molar-refractivity contribution in [3.8, 4) is 0 Å². The van der Waals surface area contributed by atoms with Gasteiger partial charge in [-0.2, -0.15) is 0 Å². The molecule has 0 aromatic rings. The van der Waals surface area contributed by atoms with Gasteiger partial charge in [-0.05, 0) is 43.9 Å². The largest absolute Gasteiger partial charge is 0.355 e. The number of rotatable bonds is 5. The molecule has 4 unspecified atom stereocenters. The van der Waals surface area contributed by atoms with Crippen molar-refractivity contribution in [2.24, 2.45) is 23.2 Å². The predicted octanol–water partition coefficient (Wildman–Crippen LogP) is 2.48. The molecule has 4 heteroatoms. The van der Waals surface area contributed by atoms with E-state index in [2.05, 4.69) is 17.6 Å². The fraction of sp³-hybridized carbons (Fsp3) is 0.882. The molecule has 2 aliphatic rings. The van der Waals surface area contributed by atoms with Crippen LogP contribution in [0.15, 0.2) is 0 Å². The van der Waals surface area contributed by atoms with Gasteiger partial charge in [0.05, 0.1) is 0 Å². The molecule has 0 heterocycles. The highest BCUT2D eigenvalue weighted by Crippen LogP contribution is 2.49. The molecule has 2 N–H and O–H groups in total. The molecule has 2 rings (SSSR count). The number of hydrogen-bond acceptors (Lipinski definition) is 2. The van der Waals surface area contributed by atoms with Crippen LogP contribution < -0.4 is 10.6 Å². The SMILES string of the molecule is CC(NC(=O)CCNC(=O)C(C)(C)C)C1CC2CCC1C2. The van der Waals surface area contributed by atoms with Crippen molar-refractivity contribution >= 4 is 11.8 Å². The van der Waals surface area contributed by atoms with Gasteiger partial charge < -0.3 is 10.6 Å². The van der Waals surface area contributed by atoms with Crippen LogP contribution in [0.2, 0.25) is 0 Å². The second-order valence-corrected chi connectivity index (χ2v) is 7.95. The highest BCUT2D eigenvalue weighted by molar-refractivity contribution is 5.82. The van der Waals surface area contributed by atoms with Crippen LogP contribution in [-0.4, -0.2) is 24.4 Å². The van der Waals surface area contributed by atoms with E-state index in [-0.39, 0.29) is 17.9 Å². The standard InChI is InChI=1S/C17H30N2O2/c1-11(14-10-12-5-6-13(14)9-12)19-15(20)7-8-18-16(21)17(2,3)4/h11-14H,5-10H2,1-4H3,(H,18,21)(H,19,20). The molecule has 0 aliphatic heterocycles. The lowest BCUT2D eigenvalue weighted by Crippen LogP contribution is -2.42. The van der Waals surface area contributed by atoms with Gasteiger partial charge in [-0.1, -0.05) is 27.2 Å². The normalized spacial score (nSPS) is 29.2. The Hall–Kier alpha value is -1.06. The topological polar surface area (TPSA) is 58.2 Å². The van der Waals surface area contributed by atoms with Gasteiger partial charge in [-0.25, -0.2) is 0 Å². The molecule has 2 amide bonds. The zero-order valence-corrected chi connectivity index (χ0v) is 13.9. The molecule has 2 bridgehead atoms. The minimum absolute atomic E-state index is 0.00329. The summed E-state index contributed by atoms with van der Waals surface area (Å²) in [6, 6.07) is 0.270. The lowest BCUT2D eigenvalue weighted by molar-refractivity contribution is -0.128. The first kappa shape index (κ1) is 16.3. The van der Waals surface area contributed by atoms with E-state index >= 15 is 0 Å². The Labute approximate surface area is 128 Å². The number of amides is 2. The van der Waals surface area contributed by atoms with Crippen LogP contribution in [0.4, 0.5) is 0 Å². The molecule has 2 aliphatic carbocycles. The molecular weight excluding hydrogens is 264 g/mol. The molecule has 2 fully saturated rings. The van der Waals surface area contributed by atoms with Gasteiger partial charge >= 0.3 is 0 Å². The number of nitrogens with one attached hydrogen (secondary N) is 2. The average Bonchev–Trinajstić information content (AvgIpc) is 2.99. The number of carbonyl (C=O) groups excluding carboxylic acids is 2. The van der Waals surface area contributed by atoms with Crippen molar-refractivity contribution in [1.82, 2.24) is 10.6 Å². The molecule has 0 spiro atoms. The van der Waals surface area contributed by atoms with Crippen molar-refractivity contribution in [2.75, 3.05) is 6.54 Å². The van der Waals surface area contributed by atoms with E-state index in [0.29, 0.717) is 18.9 Å². The number of fused-ring (bicyclic) bond motifs is 2. The Kier molecular flexibility index (Phi) is 4.95. The summed E-state index contributed by atoms with van der Waals surface area (Å²) in [6.07, 6.45) is 5.75. The fourth-order valence-corrected chi connectivity index (χ4v) is 3.89. The summed E-state index contributed by atoms with van der Waals surface area (Å²) < 4.78 is 0. The average molecular weight is 294 g/mol. The van der Waals surface area contributed by atoms with Crippen molar-refractivity contribution in [3.63, 3.8) is 0 Å². The van der Waals surface area contributed by atoms with Gasteiger partial charge in [0, 0.05) is 24.4 Å². The Morgan fingerprint density at radius 2 is 1.90 bits per heavy atom. The monoisotopic (exact) mass is 294 g/mol. The highest BCUT2D eigenvalue weighted by Gasteiger charge is 2.42. The van der Waals surface area contributed by atoms with Crippen molar-refractivity contribution in [3.05, 3.63) is 0 Å². The van der Waals surface area contributed by atoms with E-state index in [1.165, 1.54) is 25.7 Å². The second-order valence-electron chi connectivity index (χ2n) is 7.95. The van der Waals surface area contributed by atoms with Gasteiger partial charge in [0.15, 0.2) is 0 Å². The lowest BCUT2D eigenvalue weighted by atomic mass is 9.84. The third-order valence-corrected chi connectivity index (χ3v) is 5.14. The maximum atomic E-state index is 12.0. The van der Waals surface area contributed by atoms with Crippen molar-refractivity contribution in [2.45, 2.75) is 65.8 Å². The molecular formula is C17H30N2O2. The van der Waals surface area contributed by atoms with Crippen LogP contribution in [0.5, 0.6) is 0 Å². The smallest absolute Gasteiger partial charge is 0.225 e. The molecule has 0 aromatic heterocycles. The molecule has 0 radical (unpaired) electrons. The summed E-state index contributed by atoms with van der Waals surface area (Å²) in [5.74, 6) is 2.45. The summed E-state index contributed by atoms with van der Waals surface area (Å²) in [7, 11) is 0. The Balaban J connectivity index is 1.66. The first-order valence-electron chi connectivity index (χ1n) is 8.35. The molecule has 0 aromatic carbocycles. The lowest BCUT2D eigenvalue weighted by Gasteiger charge is -2.28. The first-order valence-corrected chi connectivity index (χ1v) is 8.35. The van der Waals surface area contributed by atoms with Crippen LogP contribution in [0.3, 0.4) is 0 Å². The van der Waals surface area contributed by atoms with Crippen LogP contribution in [0, 0.1) is 23.2 Å². The zero-order valence-electron chi connectivity index (χ0n) is 13.9. The van der Waals surface area contributed by atoms with Gasteiger partial charge in [-0.15, -0.1) is 0 Å². The molecule has 2 saturated carbocycles. The fourth-order valence-electron chi connectivity index (χ4n) is 3.89. The maximum absolute atomic E-state index is 12.0.